The van der Waals surface area contributed by atoms with Crippen molar-refractivity contribution >= 4 is 5.69 Å². The maximum Gasteiger partial charge on any atom is 0.123 e. The number of nitrogens with zero attached hydrogens (tertiary/aromatic N) is 2. The van der Waals surface area contributed by atoms with E-state index in [1.54, 1.807) is 12.1 Å². The molecule has 2 rings (SSSR count). The van der Waals surface area contributed by atoms with Crippen LogP contribution in [-0.2, 0) is 13.1 Å². The van der Waals surface area contributed by atoms with Crippen molar-refractivity contribution in [1.82, 2.24) is 9.78 Å². The second kappa shape index (κ2) is 5.87. The molecule has 0 fully saturated rings. The first kappa shape index (κ1) is 13.6. The molecule has 0 saturated heterocycles. The van der Waals surface area contributed by atoms with Gasteiger partial charge in [-0.1, -0.05) is 26.0 Å². The quantitative estimate of drug-likeness (QED) is 0.891. The van der Waals surface area contributed by atoms with Gasteiger partial charge in [0, 0.05) is 19.3 Å². The molecule has 1 N–H and O–H groups in total. The molecule has 0 bridgehead atoms. The number of rotatable bonds is 5. The number of aromatic nitrogens is 2. The zero-order valence-electron chi connectivity index (χ0n) is 11.7. The minimum Gasteiger partial charge on any atom is -0.378 e. The lowest BCUT2D eigenvalue weighted by Gasteiger charge is -2.05. The van der Waals surface area contributed by atoms with E-state index in [2.05, 4.69) is 24.3 Å². The van der Waals surface area contributed by atoms with Gasteiger partial charge in [0.05, 0.1) is 11.4 Å². The molecule has 102 valence electrons. The van der Waals surface area contributed by atoms with E-state index in [1.807, 2.05) is 17.8 Å². The molecule has 0 saturated carbocycles. The molecule has 0 amide bonds. The number of halogens is 1. The maximum absolute atomic E-state index is 12.8. The van der Waals surface area contributed by atoms with Crippen LogP contribution in [0, 0.1) is 18.7 Å². The molecule has 1 aromatic heterocycles. The van der Waals surface area contributed by atoms with Crippen LogP contribution >= 0.6 is 0 Å². The summed E-state index contributed by atoms with van der Waals surface area (Å²) in [5.41, 5.74) is 3.07. The van der Waals surface area contributed by atoms with Gasteiger partial charge in [-0.3, -0.25) is 4.68 Å². The topological polar surface area (TPSA) is 29.9 Å². The second-order valence-corrected chi connectivity index (χ2v) is 5.22. The van der Waals surface area contributed by atoms with Gasteiger partial charge in [0.1, 0.15) is 5.82 Å². The minimum atomic E-state index is -0.204. The Morgan fingerprint density at radius 2 is 1.95 bits per heavy atom. The number of nitrogens with one attached hydrogen (secondary N) is 1. The van der Waals surface area contributed by atoms with Crippen molar-refractivity contribution in [1.29, 1.82) is 0 Å². The lowest BCUT2D eigenvalue weighted by molar-refractivity contribution is 0.481. The van der Waals surface area contributed by atoms with Gasteiger partial charge in [0.25, 0.3) is 0 Å². The van der Waals surface area contributed by atoms with E-state index in [9.17, 15) is 4.39 Å². The first-order chi connectivity index (χ1) is 9.04. The van der Waals surface area contributed by atoms with Crippen LogP contribution in [0.25, 0.3) is 0 Å². The summed E-state index contributed by atoms with van der Waals surface area (Å²) < 4.78 is 14.8. The summed E-state index contributed by atoms with van der Waals surface area (Å²) in [6.07, 6.45) is 2.03. The average molecular weight is 261 g/mol. The zero-order chi connectivity index (χ0) is 13.8. The normalized spacial score (nSPS) is 11.0. The van der Waals surface area contributed by atoms with Gasteiger partial charge in [0.15, 0.2) is 0 Å². The van der Waals surface area contributed by atoms with Gasteiger partial charge >= 0.3 is 0 Å². The van der Waals surface area contributed by atoms with Gasteiger partial charge in [-0.2, -0.15) is 5.10 Å². The summed E-state index contributed by atoms with van der Waals surface area (Å²) in [6, 6.07) is 6.53. The molecule has 0 atom stereocenters. The SMILES string of the molecule is Cc1nn(CC(C)C)cc1NCc1ccc(F)cc1. The predicted molar refractivity (Wildman–Crippen MR) is 75.5 cm³/mol. The largest absolute Gasteiger partial charge is 0.378 e. The molecule has 0 spiro atoms. The Bertz CT molecular complexity index is 529. The summed E-state index contributed by atoms with van der Waals surface area (Å²) in [5.74, 6) is 0.369. The summed E-state index contributed by atoms with van der Waals surface area (Å²) in [5, 5.41) is 7.81. The highest BCUT2D eigenvalue weighted by molar-refractivity contribution is 5.46. The van der Waals surface area contributed by atoms with Gasteiger partial charge < -0.3 is 5.32 Å². The van der Waals surface area contributed by atoms with Gasteiger partial charge in [-0.15, -0.1) is 0 Å². The lowest BCUT2D eigenvalue weighted by Crippen LogP contribution is -2.04. The smallest absolute Gasteiger partial charge is 0.123 e. The number of hydrogen-bond donors (Lipinski definition) is 1. The first-order valence-corrected chi connectivity index (χ1v) is 6.57. The van der Waals surface area contributed by atoms with Crippen molar-refractivity contribution < 1.29 is 4.39 Å². The molecule has 1 aromatic carbocycles. The van der Waals surface area contributed by atoms with Crippen molar-refractivity contribution in [3.63, 3.8) is 0 Å². The van der Waals surface area contributed by atoms with Crippen molar-refractivity contribution in [2.24, 2.45) is 5.92 Å². The molecule has 4 heteroatoms. The third-order valence-electron chi connectivity index (χ3n) is 2.89. The Kier molecular flexibility index (Phi) is 4.20. The van der Waals surface area contributed by atoms with E-state index in [1.165, 1.54) is 12.1 Å². The van der Waals surface area contributed by atoms with Crippen molar-refractivity contribution in [3.8, 4) is 0 Å². The van der Waals surface area contributed by atoms with Crippen LogP contribution in [0.4, 0.5) is 10.1 Å². The van der Waals surface area contributed by atoms with E-state index in [0.29, 0.717) is 12.5 Å². The first-order valence-electron chi connectivity index (χ1n) is 6.57. The molecule has 0 aliphatic rings. The summed E-state index contributed by atoms with van der Waals surface area (Å²) in [6.45, 7) is 7.92. The third-order valence-corrected chi connectivity index (χ3v) is 2.89. The standard InChI is InChI=1S/C15H20FN3/c1-11(2)9-19-10-15(12(3)18-19)17-8-13-4-6-14(16)7-5-13/h4-7,10-11,17H,8-9H2,1-3H3. The van der Waals surface area contributed by atoms with Crippen molar-refractivity contribution in [2.45, 2.75) is 33.9 Å². The van der Waals surface area contributed by atoms with Crippen LogP contribution in [0.1, 0.15) is 25.1 Å². The van der Waals surface area contributed by atoms with Gasteiger partial charge in [-0.25, -0.2) is 4.39 Å². The van der Waals surface area contributed by atoms with E-state index < -0.39 is 0 Å². The maximum atomic E-state index is 12.8. The third kappa shape index (κ3) is 3.81. The molecule has 0 aliphatic heterocycles. The van der Waals surface area contributed by atoms with Crippen molar-refractivity contribution in [2.75, 3.05) is 5.32 Å². The summed E-state index contributed by atoms with van der Waals surface area (Å²) >= 11 is 0. The van der Waals surface area contributed by atoms with E-state index in [4.69, 9.17) is 0 Å². The molecule has 1 heterocycles. The van der Waals surface area contributed by atoms with Crippen LogP contribution in [0.5, 0.6) is 0 Å². The van der Waals surface area contributed by atoms with E-state index in [0.717, 1.165) is 23.5 Å². The molecule has 19 heavy (non-hydrogen) atoms. The molecule has 2 aromatic rings. The summed E-state index contributed by atoms with van der Waals surface area (Å²) in [4.78, 5) is 0. The Hall–Kier alpha value is -1.84. The van der Waals surface area contributed by atoms with Crippen molar-refractivity contribution in [3.05, 3.63) is 47.5 Å². The summed E-state index contributed by atoms with van der Waals surface area (Å²) in [7, 11) is 0. The molecular formula is C15H20FN3. The number of anilines is 1. The lowest BCUT2D eigenvalue weighted by atomic mass is 10.2. The Morgan fingerprint density at radius 1 is 1.26 bits per heavy atom. The Labute approximate surface area is 113 Å². The molecule has 3 nitrogen and oxygen atoms in total. The Balaban J connectivity index is 1.99. The van der Waals surface area contributed by atoms with Gasteiger partial charge in [0.2, 0.25) is 0 Å². The van der Waals surface area contributed by atoms with Crippen LogP contribution in [0.2, 0.25) is 0 Å². The average Bonchev–Trinajstić information content (AvgIpc) is 2.68. The van der Waals surface area contributed by atoms with Crippen LogP contribution < -0.4 is 5.32 Å². The molecular weight excluding hydrogens is 241 g/mol. The fourth-order valence-corrected chi connectivity index (χ4v) is 1.96. The second-order valence-electron chi connectivity index (χ2n) is 5.22. The highest BCUT2D eigenvalue weighted by Crippen LogP contribution is 2.15. The molecule has 0 aliphatic carbocycles. The van der Waals surface area contributed by atoms with Crippen LogP contribution in [0.3, 0.4) is 0 Å². The van der Waals surface area contributed by atoms with Gasteiger partial charge in [-0.05, 0) is 30.5 Å². The van der Waals surface area contributed by atoms with E-state index in [-0.39, 0.29) is 5.82 Å². The van der Waals surface area contributed by atoms with E-state index >= 15 is 0 Å². The zero-order valence-corrected chi connectivity index (χ0v) is 11.7. The number of aryl methyl sites for hydroxylation is 1. The number of hydrogen-bond acceptors (Lipinski definition) is 2. The highest BCUT2D eigenvalue weighted by atomic mass is 19.1. The predicted octanol–water partition coefficient (Wildman–Crippen LogP) is 3.60. The number of benzene rings is 1. The Morgan fingerprint density at radius 3 is 2.58 bits per heavy atom. The molecule has 0 unspecified atom stereocenters. The van der Waals surface area contributed by atoms with Crippen LogP contribution in [-0.4, -0.2) is 9.78 Å². The molecule has 0 radical (unpaired) electrons. The minimum absolute atomic E-state index is 0.204. The fourth-order valence-electron chi connectivity index (χ4n) is 1.96. The van der Waals surface area contributed by atoms with Crippen LogP contribution in [0.15, 0.2) is 30.5 Å². The monoisotopic (exact) mass is 261 g/mol. The fraction of sp³-hybridized carbons (Fsp3) is 0.400. The highest BCUT2D eigenvalue weighted by Gasteiger charge is 2.05.